The standard InChI is InChI=1S/C20H24N2O4S/c1-5-26-20(25)15-11-13(4)27-19(15)22-18(24)16(12(2)3)21-17(23)14-9-7-6-8-10-14/h6-12,16H,5H2,1-4H3,(H,21,23)(H,22,24). The van der Waals surface area contributed by atoms with E-state index in [1.54, 1.807) is 37.3 Å². The van der Waals surface area contributed by atoms with E-state index in [1.165, 1.54) is 11.3 Å². The predicted octanol–water partition coefficient (Wildman–Crippen LogP) is 3.63. The van der Waals surface area contributed by atoms with Crippen LogP contribution in [-0.2, 0) is 9.53 Å². The number of amides is 2. The summed E-state index contributed by atoms with van der Waals surface area (Å²) in [5.41, 5.74) is 0.805. The zero-order valence-electron chi connectivity index (χ0n) is 15.9. The number of benzene rings is 1. The van der Waals surface area contributed by atoms with E-state index in [0.717, 1.165) is 4.88 Å². The number of hydrogen-bond donors (Lipinski definition) is 2. The molecule has 2 amide bonds. The molecule has 6 nitrogen and oxygen atoms in total. The van der Waals surface area contributed by atoms with Gasteiger partial charge in [0.25, 0.3) is 5.91 Å². The van der Waals surface area contributed by atoms with Gasteiger partial charge in [0.1, 0.15) is 11.0 Å². The highest BCUT2D eigenvalue weighted by Gasteiger charge is 2.27. The normalized spacial score (nSPS) is 11.7. The first-order valence-electron chi connectivity index (χ1n) is 8.77. The van der Waals surface area contributed by atoms with Crippen molar-refractivity contribution < 1.29 is 19.1 Å². The maximum absolute atomic E-state index is 12.8. The van der Waals surface area contributed by atoms with Gasteiger partial charge in [-0.2, -0.15) is 0 Å². The van der Waals surface area contributed by atoms with Crippen molar-refractivity contribution in [2.45, 2.75) is 33.7 Å². The van der Waals surface area contributed by atoms with Crippen molar-refractivity contribution in [3.8, 4) is 0 Å². The zero-order chi connectivity index (χ0) is 20.0. The van der Waals surface area contributed by atoms with Crippen LogP contribution in [0.3, 0.4) is 0 Å². The number of anilines is 1. The molecule has 0 aliphatic heterocycles. The summed E-state index contributed by atoms with van der Waals surface area (Å²) in [6.45, 7) is 7.52. The van der Waals surface area contributed by atoms with E-state index in [2.05, 4.69) is 10.6 Å². The van der Waals surface area contributed by atoms with Gasteiger partial charge in [-0.1, -0.05) is 32.0 Å². The van der Waals surface area contributed by atoms with E-state index >= 15 is 0 Å². The van der Waals surface area contributed by atoms with E-state index < -0.39 is 12.0 Å². The first-order valence-corrected chi connectivity index (χ1v) is 9.59. The van der Waals surface area contributed by atoms with Crippen molar-refractivity contribution in [3.05, 3.63) is 52.4 Å². The molecule has 0 spiro atoms. The van der Waals surface area contributed by atoms with E-state index in [0.29, 0.717) is 16.1 Å². The number of hydrogen-bond acceptors (Lipinski definition) is 5. The molecule has 144 valence electrons. The van der Waals surface area contributed by atoms with Crippen LogP contribution in [0.4, 0.5) is 5.00 Å². The first-order chi connectivity index (χ1) is 12.8. The second-order valence-corrected chi connectivity index (χ2v) is 7.63. The highest BCUT2D eigenvalue weighted by Crippen LogP contribution is 2.28. The number of aryl methyl sites for hydroxylation is 1. The Morgan fingerprint density at radius 1 is 1.15 bits per heavy atom. The number of carbonyl (C=O) groups excluding carboxylic acids is 3. The van der Waals surface area contributed by atoms with Crippen LogP contribution in [0.1, 0.15) is 46.4 Å². The molecule has 0 radical (unpaired) electrons. The van der Waals surface area contributed by atoms with E-state index in [4.69, 9.17) is 4.74 Å². The van der Waals surface area contributed by atoms with Gasteiger partial charge in [0, 0.05) is 10.4 Å². The fourth-order valence-electron chi connectivity index (χ4n) is 2.51. The number of ether oxygens (including phenoxy) is 1. The van der Waals surface area contributed by atoms with Gasteiger partial charge in [-0.3, -0.25) is 9.59 Å². The van der Waals surface area contributed by atoms with Crippen molar-refractivity contribution in [1.82, 2.24) is 5.32 Å². The molecule has 0 aliphatic rings. The van der Waals surface area contributed by atoms with Gasteiger partial charge in [0.2, 0.25) is 5.91 Å². The molecular weight excluding hydrogens is 364 g/mol. The Morgan fingerprint density at radius 3 is 2.41 bits per heavy atom. The lowest BCUT2D eigenvalue weighted by Gasteiger charge is -2.21. The molecular formula is C20H24N2O4S. The van der Waals surface area contributed by atoms with Crippen LogP contribution in [0.25, 0.3) is 0 Å². The van der Waals surface area contributed by atoms with Gasteiger partial charge in [-0.15, -0.1) is 11.3 Å². The minimum Gasteiger partial charge on any atom is -0.462 e. The molecule has 0 saturated heterocycles. The summed E-state index contributed by atoms with van der Waals surface area (Å²) in [4.78, 5) is 38.2. The molecule has 2 aromatic rings. The third-order valence-corrected chi connectivity index (χ3v) is 4.82. The van der Waals surface area contributed by atoms with Crippen molar-refractivity contribution in [2.75, 3.05) is 11.9 Å². The summed E-state index contributed by atoms with van der Waals surface area (Å²) in [6.07, 6.45) is 0. The summed E-state index contributed by atoms with van der Waals surface area (Å²) >= 11 is 1.30. The second-order valence-electron chi connectivity index (χ2n) is 6.37. The van der Waals surface area contributed by atoms with Crippen LogP contribution in [-0.4, -0.2) is 30.4 Å². The van der Waals surface area contributed by atoms with Gasteiger partial charge >= 0.3 is 5.97 Å². The molecule has 27 heavy (non-hydrogen) atoms. The molecule has 2 rings (SSSR count). The van der Waals surface area contributed by atoms with Gasteiger partial charge in [0.15, 0.2) is 0 Å². The number of rotatable bonds is 7. The summed E-state index contributed by atoms with van der Waals surface area (Å²) in [6, 6.07) is 9.66. The topological polar surface area (TPSA) is 84.5 Å². The molecule has 0 aliphatic carbocycles. The van der Waals surface area contributed by atoms with E-state index in [-0.39, 0.29) is 24.3 Å². The third-order valence-electron chi connectivity index (χ3n) is 3.86. The maximum atomic E-state index is 12.8. The highest BCUT2D eigenvalue weighted by atomic mass is 32.1. The van der Waals surface area contributed by atoms with Crippen LogP contribution in [0, 0.1) is 12.8 Å². The number of thiophene rings is 1. The third kappa shape index (κ3) is 5.40. The van der Waals surface area contributed by atoms with Crippen LogP contribution in [0.2, 0.25) is 0 Å². The monoisotopic (exact) mass is 388 g/mol. The van der Waals surface area contributed by atoms with Crippen molar-refractivity contribution in [3.63, 3.8) is 0 Å². The minimum atomic E-state index is -0.741. The summed E-state index contributed by atoms with van der Waals surface area (Å²) in [5, 5.41) is 5.97. The molecule has 0 bridgehead atoms. The fraction of sp³-hybridized carbons (Fsp3) is 0.350. The summed E-state index contributed by atoms with van der Waals surface area (Å²) in [5.74, 6) is -1.31. The minimum absolute atomic E-state index is 0.134. The largest absolute Gasteiger partial charge is 0.462 e. The average molecular weight is 388 g/mol. The lowest BCUT2D eigenvalue weighted by molar-refractivity contribution is -0.118. The first kappa shape index (κ1) is 20.6. The quantitative estimate of drug-likeness (QED) is 0.710. The molecule has 1 heterocycles. The van der Waals surface area contributed by atoms with E-state index in [9.17, 15) is 14.4 Å². The Morgan fingerprint density at radius 2 is 1.81 bits per heavy atom. The van der Waals surface area contributed by atoms with Gasteiger partial charge in [0.05, 0.1) is 12.2 Å². The van der Waals surface area contributed by atoms with Gasteiger partial charge in [-0.05, 0) is 38.0 Å². The zero-order valence-corrected chi connectivity index (χ0v) is 16.7. The highest BCUT2D eigenvalue weighted by molar-refractivity contribution is 7.16. The van der Waals surface area contributed by atoms with Crippen LogP contribution < -0.4 is 10.6 Å². The molecule has 1 aromatic carbocycles. The Bertz CT molecular complexity index is 815. The Labute approximate surface area is 162 Å². The fourth-order valence-corrected chi connectivity index (χ4v) is 3.41. The molecule has 0 saturated carbocycles. The summed E-state index contributed by atoms with van der Waals surface area (Å²) < 4.78 is 5.04. The maximum Gasteiger partial charge on any atom is 0.341 e. The lowest BCUT2D eigenvalue weighted by Crippen LogP contribution is -2.47. The van der Waals surface area contributed by atoms with Crippen LogP contribution >= 0.6 is 11.3 Å². The molecule has 2 N–H and O–H groups in total. The average Bonchev–Trinajstić information content (AvgIpc) is 3.00. The number of nitrogens with one attached hydrogen (secondary N) is 2. The number of carbonyl (C=O) groups is 3. The Hall–Kier alpha value is -2.67. The van der Waals surface area contributed by atoms with Crippen molar-refractivity contribution >= 4 is 34.1 Å². The lowest BCUT2D eigenvalue weighted by atomic mass is 10.0. The molecule has 0 fully saturated rings. The van der Waals surface area contributed by atoms with Crippen LogP contribution in [0.5, 0.6) is 0 Å². The second kappa shape index (κ2) is 9.32. The van der Waals surface area contributed by atoms with Crippen molar-refractivity contribution in [1.29, 1.82) is 0 Å². The smallest absolute Gasteiger partial charge is 0.341 e. The summed E-state index contributed by atoms with van der Waals surface area (Å²) in [7, 11) is 0. The molecule has 1 atom stereocenters. The van der Waals surface area contributed by atoms with E-state index in [1.807, 2.05) is 26.8 Å². The predicted molar refractivity (Wildman–Crippen MR) is 106 cm³/mol. The molecule has 1 unspecified atom stereocenters. The Balaban J connectivity index is 2.16. The number of esters is 1. The molecule has 1 aromatic heterocycles. The van der Waals surface area contributed by atoms with Crippen molar-refractivity contribution in [2.24, 2.45) is 5.92 Å². The van der Waals surface area contributed by atoms with Gasteiger partial charge in [-0.25, -0.2) is 4.79 Å². The van der Waals surface area contributed by atoms with Gasteiger partial charge < -0.3 is 15.4 Å². The van der Waals surface area contributed by atoms with Crippen LogP contribution in [0.15, 0.2) is 36.4 Å². The SMILES string of the molecule is CCOC(=O)c1cc(C)sc1NC(=O)C(NC(=O)c1ccccc1)C(C)C. The molecule has 7 heteroatoms. The Kier molecular flexibility index (Phi) is 7.12.